The number of carbonyl (C=O) groups excluding carboxylic acids is 2. The highest BCUT2D eigenvalue weighted by molar-refractivity contribution is 9.10. The molecule has 0 atom stereocenters. The second-order valence-electron chi connectivity index (χ2n) is 4.24. The number of carbonyl (C=O) groups is 2. The van der Waals surface area contributed by atoms with Gasteiger partial charge in [0.05, 0.1) is 0 Å². The molecule has 0 aliphatic carbocycles. The summed E-state index contributed by atoms with van der Waals surface area (Å²) in [4.78, 5) is 25.3. The monoisotopic (exact) mass is 324 g/mol. The zero-order valence-corrected chi connectivity index (χ0v) is 12.7. The Kier molecular flexibility index (Phi) is 5.76. The third kappa shape index (κ3) is 4.87. The molecule has 0 fully saturated rings. The minimum Gasteiger partial charge on any atom is -0.331 e. The lowest BCUT2D eigenvalue weighted by Crippen LogP contribution is -2.40. The maximum Gasteiger partial charge on any atom is 0.313 e. The number of benzene rings is 1. The Hall–Kier alpha value is -1.62. The molecule has 2 amide bonds. The number of hydrogen-bond donors (Lipinski definition) is 1. The predicted molar refractivity (Wildman–Crippen MR) is 79.8 cm³/mol. The lowest BCUT2D eigenvalue weighted by molar-refractivity contribution is -0.142. The highest BCUT2D eigenvalue weighted by Gasteiger charge is 2.20. The van der Waals surface area contributed by atoms with E-state index in [4.69, 9.17) is 0 Å². The van der Waals surface area contributed by atoms with E-state index in [1.807, 2.05) is 19.9 Å². The molecule has 102 valence electrons. The van der Waals surface area contributed by atoms with Crippen LogP contribution in [0, 0.1) is 0 Å². The smallest absolute Gasteiger partial charge is 0.313 e. The van der Waals surface area contributed by atoms with Crippen LogP contribution in [0.15, 0.2) is 40.9 Å². The maximum atomic E-state index is 12.0. The highest BCUT2D eigenvalue weighted by atomic mass is 79.9. The van der Waals surface area contributed by atoms with Gasteiger partial charge in [-0.25, -0.2) is 0 Å². The Labute approximate surface area is 121 Å². The number of halogens is 1. The van der Waals surface area contributed by atoms with Gasteiger partial charge in [0.25, 0.3) is 0 Å². The molecule has 0 aliphatic heterocycles. The van der Waals surface area contributed by atoms with Crippen molar-refractivity contribution in [3.8, 4) is 0 Å². The minimum absolute atomic E-state index is 0.390. The van der Waals surface area contributed by atoms with E-state index < -0.39 is 11.8 Å². The van der Waals surface area contributed by atoms with Crippen LogP contribution >= 0.6 is 15.9 Å². The Morgan fingerprint density at radius 2 is 2.11 bits per heavy atom. The molecule has 19 heavy (non-hydrogen) atoms. The second-order valence-corrected chi connectivity index (χ2v) is 5.16. The van der Waals surface area contributed by atoms with E-state index in [-0.39, 0.29) is 0 Å². The predicted octanol–water partition coefficient (Wildman–Crippen LogP) is 2.81. The third-order valence-corrected chi connectivity index (χ3v) is 2.90. The van der Waals surface area contributed by atoms with Crippen molar-refractivity contribution >= 4 is 33.4 Å². The lowest BCUT2D eigenvalue weighted by Gasteiger charge is -2.20. The molecular weight excluding hydrogens is 308 g/mol. The molecule has 0 heterocycles. The van der Waals surface area contributed by atoms with Crippen LogP contribution in [0.1, 0.15) is 13.8 Å². The molecule has 1 N–H and O–H groups in total. The summed E-state index contributed by atoms with van der Waals surface area (Å²) in [6, 6.07) is 7.09. The summed E-state index contributed by atoms with van der Waals surface area (Å²) < 4.78 is 0.840. The van der Waals surface area contributed by atoms with Crippen molar-refractivity contribution in [3.05, 3.63) is 40.9 Å². The molecule has 1 aromatic carbocycles. The van der Waals surface area contributed by atoms with Crippen molar-refractivity contribution in [2.24, 2.45) is 0 Å². The standard InChI is InChI=1S/C14H17BrN2O2/c1-4-17(9-10(2)3)14(19)13(18)16-12-7-5-6-11(15)8-12/h5-8H,2,4,9H2,1,3H3,(H,16,18). The molecule has 0 aromatic heterocycles. The average Bonchev–Trinajstić information content (AvgIpc) is 2.34. The first-order chi connectivity index (χ1) is 8.93. The van der Waals surface area contributed by atoms with Crippen molar-refractivity contribution in [2.75, 3.05) is 18.4 Å². The van der Waals surface area contributed by atoms with Gasteiger partial charge in [0, 0.05) is 23.2 Å². The summed E-state index contributed by atoms with van der Waals surface area (Å²) in [5, 5.41) is 2.58. The molecule has 5 heteroatoms. The summed E-state index contributed by atoms with van der Waals surface area (Å²) in [6.45, 7) is 8.26. The molecular formula is C14H17BrN2O2. The van der Waals surface area contributed by atoms with Gasteiger partial charge in [-0.2, -0.15) is 0 Å². The number of amides is 2. The Bertz CT molecular complexity index is 500. The largest absolute Gasteiger partial charge is 0.331 e. The Morgan fingerprint density at radius 1 is 1.42 bits per heavy atom. The molecule has 0 unspecified atom stereocenters. The molecule has 0 saturated heterocycles. The second kappa shape index (κ2) is 7.09. The van der Waals surface area contributed by atoms with Crippen LogP contribution in [0.25, 0.3) is 0 Å². The Morgan fingerprint density at radius 3 is 2.63 bits per heavy atom. The van der Waals surface area contributed by atoms with Gasteiger partial charge in [0.2, 0.25) is 0 Å². The number of rotatable bonds is 4. The normalized spacial score (nSPS) is 9.84. The first-order valence-electron chi connectivity index (χ1n) is 5.94. The van der Waals surface area contributed by atoms with Crippen LogP contribution in [0.4, 0.5) is 5.69 Å². The Balaban J connectivity index is 2.71. The number of nitrogens with one attached hydrogen (secondary N) is 1. The minimum atomic E-state index is -0.638. The fourth-order valence-corrected chi connectivity index (χ4v) is 1.95. The van der Waals surface area contributed by atoms with Gasteiger partial charge in [0.1, 0.15) is 0 Å². The molecule has 1 rings (SSSR count). The third-order valence-electron chi connectivity index (χ3n) is 2.41. The summed E-state index contributed by atoms with van der Waals surface area (Å²) >= 11 is 3.31. The van der Waals surface area contributed by atoms with Crippen LogP contribution < -0.4 is 5.32 Å². The quantitative estimate of drug-likeness (QED) is 0.684. The van der Waals surface area contributed by atoms with Gasteiger partial charge >= 0.3 is 11.8 Å². The average molecular weight is 325 g/mol. The van der Waals surface area contributed by atoms with Crippen molar-refractivity contribution in [2.45, 2.75) is 13.8 Å². The van der Waals surface area contributed by atoms with E-state index in [9.17, 15) is 9.59 Å². The number of likely N-dealkylation sites (N-methyl/N-ethyl adjacent to an activating group) is 1. The summed E-state index contributed by atoms with van der Waals surface area (Å²) in [5.41, 5.74) is 1.42. The topological polar surface area (TPSA) is 49.4 Å². The van der Waals surface area contributed by atoms with Crippen molar-refractivity contribution in [1.29, 1.82) is 0 Å². The molecule has 0 saturated carbocycles. The van der Waals surface area contributed by atoms with Crippen molar-refractivity contribution in [3.63, 3.8) is 0 Å². The van der Waals surface area contributed by atoms with Crippen LogP contribution in [-0.2, 0) is 9.59 Å². The number of nitrogens with zero attached hydrogens (tertiary/aromatic N) is 1. The summed E-state index contributed by atoms with van der Waals surface area (Å²) in [6.07, 6.45) is 0. The van der Waals surface area contributed by atoms with E-state index in [1.165, 1.54) is 4.90 Å². The van der Waals surface area contributed by atoms with Crippen LogP contribution in [0.2, 0.25) is 0 Å². The van der Waals surface area contributed by atoms with Gasteiger partial charge < -0.3 is 10.2 Å². The van der Waals surface area contributed by atoms with E-state index >= 15 is 0 Å². The highest BCUT2D eigenvalue weighted by Crippen LogP contribution is 2.15. The molecule has 0 aliphatic rings. The molecule has 0 bridgehead atoms. The summed E-state index contributed by atoms with van der Waals surface area (Å²) in [7, 11) is 0. The van der Waals surface area contributed by atoms with Crippen molar-refractivity contribution in [1.82, 2.24) is 4.90 Å². The zero-order chi connectivity index (χ0) is 14.4. The number of anilines is 1. The van der Waals surface area contributed by atoms with E-state index in [0.29, 0.717) is 18.8 Å². The fourth-order valence-electron chi connectivity index (χ4n) is 1.55. The first-order valence-corrected chi connectivity index (χ1v) is 6.73. The first kappa shape index (κ1) is 15.4. The zero-order valence-electron chi connectivity index (χ0n) is 11.1. The van der Waals surface area contributed by atoms with Gasteiger partial charge in [-0.05, 0) is 32.0 Å². The van der Waals surface area contributed by atoms with Crippen LogP contribution in [0.5, 0.6) is 0 Å². The maximum absolute atomic E-state index is 12.0. The molecule has 1 aromatic rings. The van der Waals surface area contributed by atoms with Gasteiger partial charge in [-0.1, -0.05) is 34.1 Å². The van der Waals surface area contributed by atoms with E-state index in [2.05, 4.69) is 27.8 Å². The van der Waals surface area contributed by atoms with E-state index in [1.54, 1.807) is 18.2 Å². The van der Waals surface area contributed by atoms with Crippen LogP contribution in [0.3, 0.4) is 0 Å². The molecule has 0 spiro atoms. The lowest BCUT2D eigenvalue weighted by atomic mass is 10.3. The van der Waals surface area contributed by atoms with Gasteiger partial charge in [-0.3, -0.25) is 9.59 Å². The number of hydrogen-bond acceptors (Lipinski definition) is 2. The fraction of sp³-hybridized carbons (Fsp3) is 0.286. The van der Waals surface area contributed by atoms with Crippen LogP contribution in [-0.4, -0.2) is 29.8 Å². The van der Waals surface area contributed by atoms with E-state index in [0.717, 1.165) is 10.0 Å². The molecule has 0 radical (unpaired) electrons. The SMILES string of the molecule is C=C(C)CN(CC)C(=O)C(=O)Nc1cccc(Br)c1. The van der Waals surface area contributed by atoms with Gasteiger partial charge in [0.15, 0.2) is 0 Å². The van der Waals surface area contributed by atoms with Crippen molar-refractivity contribution < 1.29 is 9.59 Å². The summed E-state index contributed by atoms with van der Waals surface area (Å²) in [5.74, 6) is -1.19. The van der Waals surface area contributed by atoms with Gasteiger partial charge in [-0.15, -0.1) is 0 Å². The molecule has 4 nitrogen and oxygen atoms in total.